The maximum atomic E-state index is 11.2. The van der Waals surface area contributed by atoms with Gasteiger partial charge in [0.15, 0.2) is 0 Å². The lowest BCUT2D eigenvalue weighted by atomic mass is 9.98. The molecule has 0 saturated carbocycles. The van der Waals surface area contributed by atoms with Crippen LogP contribution >= 0.6 is 24.0 Å². The summed E-state index contributed by atoms with van der Waals surface area (Å²) in [7, 11) is 0. The highest BCUT2D eigenvalue weighted by Gasteiger charge is 2.25. The Balaban J connectivity index is 0.00000272. The van der Waals surface area contributed by atoms with E-state index in [1.165, 1.54) is 16.8 Å². The van der Waals surface area contributed by atoms with Crippen molar-refractivity contribution in [2.45, 2.75) is 25.7 Å². The van der Waals surface area contributed by atoms with Crippen LogP contribution in [-0.4, -0.2) is 55.4 Å². The Hall–Kier alpha value is -1.79. The van der Waals surface area contributed by atoms with E-state index < -0.39 is 5.97 Å². The van der Waals surface area contributed by atoms with E-state index in [-0.39, 0.29) is 18.3 Å². The van der Waals surface area contributed by atoms with E-state index in [9.17, 15) is 9.90 Å². The number of fused-ring (bicyclic) bond motifs is 2. The zero-order valence-electron chi connectivity index (χ0n) is 17.6. The molecule has 1 atom stereocenters. The molecular formula is C24H30Cl2N2O3. The summed E-state index contributed by atoms with van der Waals surface area (Å²) in [6, 6.07) is 14.7. The first-order chi connectivity index (χ1) is 14.6. The molecule has 1 fully saturated rings. The average molecular weight is 465 g/mol. The third-order valence-corrected chi connectivity index (χ3v) is 6.39. The number of nitrogens with zero attached hydrogens (tertiary/aromatic N) is 2. The summed E-state index contributed by atoms with van der Waals surface area (Å²) in [4.78, 5) is 15.8. The number of carbonyl (C=O) groups is 1. The van der Waals surface area contributed by atoms with E-state index in [0.29, 0.717) is 19.8 Å². The molecular weight excluding hydrogens is 435 g/mol. The number of ether oxygens (including phenoxy) is 1. The quantitative estimate of drug-likeness (QED) is 0.595. The van der Waals surface area contributed by atoms with Crippen LogP contribution in [0.3, 0.4) is 0 Å². The summed E-state index contributed by atoms with van der Waals surface area (Å²) in [5, 5.41) is 9.99. The van der Waals surface area contributed by atoms with E-state index in [0.717, 1.165) is 56.0 Å². The molecule has 0 unspecified atom stereocenters. The zero-order chi connectivity index (χ0) is 20.9. The molecule has 0 amide bonds. The van der Waals surface area contributed by atoms with Gasteiger partial charge in [0, 0.05) is 36.0 Å². The van der Waals surface area contributed by atoms with Crippen molar-refractivity contribution in [2.75, 3.05) is 44.3 Å². The maximum absolute atomic E-state index is 11.2. The summed E-state index contributed by atoms with van der Waals surface area (Å²) in [5.41, 5.74) is 5.04. The van der Waals surface area contributed by atoms with Crippen molar-refractivity contribution in [2.24, 2.45) is 5.92 Å². The van der Waals surface area contributed by atoms with Gasteiger partial charge in [-0.3, -0.25) is 4.79 Å². The zero-order valence-corrected chi connectivity index (χ0v) is 19.2. The summed E-state index contributed by atoms with van der Waals surface area (Å²) < 4.78 is 5.97. The second-order valence-electron chi connectivity index (χ2n) is 8.14. The van der Waals surface area contributed by atoms with Gasteiger partial charge < -0.3 is 19.6 Å². The summed E-state index contributed by atoms with van der Waals surface area (Å²) >= 11 is 6.32. The molecule has 7 heteroatoms. The number of likely N-dealkylation sites (tertiary alicyclic amines) is 1. The molecule has 168 valence electrons. The van der Waals surface area contributed by atoms with Crippen molar-refractivity contribution in [3.8, 4) is 0 Å². The van der Waals surface area contributed by atoms with Gasteiger partial charge in [0.1, 0.15) is 0 Å². The molecule has 1 N–H and O–H groups in total. The molecule has 31 heavy (non-hydrogen) atoms. The van der Waals surface area contributed by atoms with Crippen LogP contribution in [0.1, 0.15) is 24.0 Å². The van der Waals surface area contributed by atoms with E-state index in [4.69, 9.17) is 16.3 Å². The second kappa shape index (κ2) is 11.2. The molecule has 5 nitrogen and oxygen atoms in total. The van der Waals surface area contributed by atoms with Crippen molar-refractivity contribution in [3.05, 3.63) is 58.6 Å². The van der Waals surface area contributed by atoms with Crippen molar-refractivity contribution < 1.29 is 14.6 Å². The fourth-order valence-electron chi connectivity index (χ4n) is 4.54. The number of carboxylic acids is 1. The first-order valence-corrected chi connectivity index (χ1v) is 11.2. The van der Waals surface area contributed by atoms with Crippen LogP contribution < -0.4 is 4.90 Å². The van der Waals surface area contributed by atoms with Crippen molar-refractivity contribution in [1.29, 1.82) is 0 Å². The van der Waals surface area contributed by atoms with E-state index in [2.05, 4.69) is 46.2 Å². The molecule has 2 aliphatic rings. The molecule has 2 aliphatic heterocycles. The van der Waals surface area contributed by atoms with Gasteiger partial charge in [0.2, 0.25) is 0 Å². The normalized spacial score (nSPS) is 18.5. The Bertz CT molecular complexity index is 893. The lowest BCUT2D eigenvalue weighted by Crippen LogP contribution is -2.40. The van der Waals surface area contributed by atoms with Crippen molar-refractivity contribution in [3.63, 3.8) is 0 Å². The molecule has 2 heterocycles. The van der Waals surface area contributed by atoms with Crippen LogP contribution in [0.25, 0.3) is 0 Å². The Morgan fingerprint density at radius 2 is 1.81 bits per heavy atom. The van der Waals surface area contributed by atoms with Crippen LogP contribution in [0.15, 0.2) is 42.5 Å². The molecule has 0 bridgehead atoms. The van der Waals surface area contributed by atoms with Gasteiger partial charge in [-0.25, -0.2) is 0 Å². The Kier molecular flexibility index (Phi) is 8.61. The Labute approximate surface area is 195 Å². The molecule has 0 aromatic heterocycles. The molecule has 1 saturated heterocycles. The number of halogens is 2. The molecule has 4 rings (SSSR count). The van der Waals surface area contributed by atoms with E-state index in [1.54, 1.807) is 0 Å². The summed E-state index contributed by atoms with van der Waals surface area (Å²) in [6.45, 7) is 4.34. The summed E-state index contributed by atoms with van der Waals surface area (Å²) in [6.07, 6.45) is 3.74. The van der Waals surface area contributed by atoms with Crippen LogP contribution in [0.4, 0.5) is 11.4 Å². The van der Waals surface area contributed by atoms with Crippen molar-refractivity contribution >= 4 is 41.4 Å². The van der Waals surface area contributed by atoms with Gasteiger partial charge in [0.05, 0.1) is 19.1 Å². The molecule has 0 spiro atoms. The third kappa shape index (κ3) is 5.92. The maximum Gasteiger partial charge on any atom is 0.307 e. The lowest BCUT2D eigenvalue weighted by Gasteiger charge is -2.30. The number of rotatable bonds is 7. The van der Waals surface area contributed by atoms with E-state index >= 15 is 0 Å². The van der Waals surface area contributed by atoms with Crippen molar-refractivity contribution in [1.82, 2.24) is 4.90 Å². The van der Waals surface area contributed by atoms with Gasteiger partial charge in [-0.15, -0.1) is 12.4 Å². The largest absolute Gasteiger partial charge is 0.481 e. The minimum absolute atomic E-state index is 0. The topological polar surface area (TPSA) is 53.0 Å². The number of aryl methyl sites for hydroxylation is 2. The fourth-order valence-corrected chi connectivity index (χ4v) is 4.70. The van der Waals surface area contributed by atoms with Crippen LogP contribution in [0.5, 0.6) is 0 Å². The highest BCUT2D eigenvalue weighted by atomic mass is 35.5. The average Bonchev–Trinajstić information content (AvgIpc) is 2.90. The minimum atomic E-state index is -0.683. The lowest BCUT2D eigenvalue weighted by molar-refractivity contribution is -0.143. The predicted molar refractivity (Wildman–Crippen MR) is 127 cm³/mol. The first kappa shape index (κ1) is 23.9. The van der Waals surface area contributed by atoms with Crippen LogP contribution in [0, 0.1) is 5.92 Å². The van der Waals surface area contributed by atoms with Crippen LogP contribution in [0.2, 0.25) is 5.02 Å². The standard InChI is InChI=1S/C24H29ClN2O3.ClH/c25-21-10-9-19-8-7-18-4-1-2-6-22(18)27(23(19)16-21)13-15-30-14-12-26-11-3-5-20(17-26)24(28)29;/h1-2,4,6,9-10,16,20H,3,5,7-8,11-15,17H2,(H,28,29);1H/t20-;/m1./s1. The SMILES string of the molecule is Cl.O=C(O)[C@@H]1CCCN(CCOCCN2c3ccccc3CCc3ccc(Cl)cc32)C1. The highest BCUT2D eigenvalue weighted by molar-refractivity contribution is 6.30. The number of piperidine rings is 1. The Morgan fingerprint density at radius 1 is 1.06 bits per heavy atom. The number of hydrogen-bond acceptors (Lipinski definition) is 4. The minimum Gasteiger partial charge on any atom is -0.481 e. The second-order valence-corrected chi connectivity index (χ2v) is 8.58. The van der Waals surface area contributed by atoms with Gasteiger partial charge in [0.25, 0.3) is 0 Å². The number of aliphatic carboxylic acids is 1. The number of hydrogen-bond donors (Lipinski definition) is 1. The number of anilines is 2. The smallest absolute Gasteiger partial charge is 0.307 e. The predicted octanol–water partition coefficient (Wildman–Crippen LogP) is 4.81. The Morgan fingerprint density at radius 3 is 2.61 bits per heavy atom. The highest BCUT2D eigenvalue weighted by Crippen LogP contribution is 2.37. The third-order valence-electron chi connectivity index (χ3n) is 6.15. The van der Waals surface area contributed by atoms with Gasteiger partial charge in [-0.05, 0) is 61.6 Å². The first-order valence-electron chi connectivity index (χ1n) is 10.8. The van der Waals surface area contributed by atoms with Crippen LogP contribution in [-0.2, 0) is 22.4 Å². The molecule has 0 aliphatic carbocycles. The molecule has 2 aromatic rings. The number of benzene rings is 2. The monoisotopic (exact) mass is 464 g/mol. The molecule has 0 radical (unpaired) electrons. The van der Waals surface area contributed by atoms with Gasteiger partial charge >= 0.3 is 5.97 Å². The van der Waals surface area contributed by atoms with Gasteiger partial charge in [-0.2, -0.15) is 0 Å². The summed E-state index contributed by atoms with van der Waals surface area (Å²) in [5.74, 6) is -0.925. The van der Waals surface area contributed by atoms with E-state index in [1.807, 2.05) is 6.07 Å². The number of carboxylic acid groups (broad SMARTS) is 1. The van der Waals surface area contributed by atoms with Gasteiger partial charge in [-0.1, -0.05) is 35.9 Å². The number of para-hydroxylation sites is 1. The fraction of sp³-hybridized carbons (Fsp3) is 0.458. The molecule has 2 aromatic carbocycles.